The molecule has 0 radical (unpaired) electrons. The number of aromatic hydroxyl groups is 2. The summed E-state index contributed by atoms with van der Waals surface area (Å²) in [6.45, 7) is 0. The highest BCUT2D eigenvalue weighted by Crippen LogP contribution is 2.28. The van der Waals surface area contributed by atoms with Crippen LogP contribution in [0.3, 0.4) is 0 Å². The predicted octanol–water partition coefficient (Wildman–Crippen LogP) is 1.20. The third kappa shape index (κ3) is 4.97. The van der Waals surface area contributed by atoms with Crippen LogP contribution in [0.4, 0.5) is 0 Å². The van der Waals surface area contributed by atoms with Crippen LogP contribution in [0.5, 0.6) is 23.0 Å². The normalized spacial score (nSPS) is 12.6. The van der Waals surface area contributed by atoms with Gasteiger partial charge in [0.15, 0.2) is 34.7 Å². The molecule has 0 spiro atoms. The molecule has 0 atom stereocenters. The van der Waals surface area contributed by atoms with Gasteiger partial charge in [0.25, 0.3) is 0 Å². The number of phenolic OH excluding ortho intramolecular Hbond substituents is 2. The van der Waals surface area contributed by atoms with E-state index in [1.54, 1.807) is 36.4 Å². The second-order valence-corrected chi connectivity index (χ2v) is 5.26. The monoisotopic (exact) mass is 384 g/mol. The van der Waals surface area contributed by atoms with E-state index in [9.17, 15) is 10.2 Å². The van der Waals surface area contributed by atoms with Crippen LogP contribution in [-0.2, 0) is 0 Å². The Hall–Kier alpha value is -4.08. The first-order chi connectivity index (χ1) is 13.5. The number of rotatable bonds is 6. The van der Waals surface area contributed by atoms with Crippen LogP contribution in [0.25, 0.3) is 0 Å². The Morgan fingerprint density at radius 2 is 1.18 bits per heavy atom. The van der Waals surface area contributed by atoms with Gasteiger partial charge in [-0.25, -0.2) is 0 Å². The minimum atomic E-state index is -0.175. The molecule has 2 rings (SSSR count). The van der Waals surface area contributed by atoms with Gasteiger partial charge in [-0.05, 0) is 24.3 Å². The van der Waals surface area contributed by atoms with Crippen LogP contribution in [0.1, 0.15) is 11.1 Å². The van der Waals surface area contributed by atoms with E-state index in [0.29, 0.717) is 22.6 Å². The number of nitrogens with zero attached hydrogens (tertiary/aromatic N) is 4. The third-order valence-corrected chi connectivity index (χ3v) is 3.49. The molecule has 2 aromatic rings. The molecule has 2 aromatic carbocycles. The molecule has 6 N–H and O–H groups in total. The SMILES string of the molecule is COc1cccc(/C=N\N=C(N)C(N)=N/N=C/c2cccc(OC)c2O)c1O. The van der Waals surface area contributed by atoms with Gasteiger partial charge in [-0.3, -0.25) is 0 Å². The molecular formula is C18H20N6O4. The molecular weight excluding hydrogens is 364 g/mol. The fourth-order valence-corrected chi connectivity index (χ4v) is 2.03. The van der Waals surface area contributed by atoms with E-state index in [1.807, 2.05) is 0 Å². The highest BCUT2D eigenvalue weighted by Gasteiger charge is 2.06. The Bertz CT molecular complexity index is 876. The molecule has 0 saturated heterocycles. The number of ether oxygens (including phenoxy) is 2. The first-order valence-corrected chi connectivity index (χ1v) is 7.93. The van der Waals surface area contributed by atoms with E-state index in [2.05, 4.69) is 20.4 Å². The molecule has 0 aliphatic rings. The van der Waals surface area contributed by atoms with E-state index in [0.717, 1.165) is 0 Å². The fourth-order valence-electron chi connectivity index (χ4n) is 2.03. The number of para-hydroxylation sites is 2. The van der Waals surface area contributed by atoms with Crippen molar-refractivity contribution in [3.05, 3.63) is 47.5 Å². The largest absolute Gasteiger partial charge is 0.504 e. The zero-order chi connectivity index (χ0) is 20.5. The summed E-state index contributed by atoms with van der Waals surface area (Å²) in [4.78, 5) is 0. The number of hydrogen-bond acceptors (Lipinski definition) is 8. The lowest BCUT2D eigenvalue weighted by Crippen LogP contribution is -2.30. The standard InChI is InChI=1S/C18H20N6O4/c1-27-13-7-3-5-11(15(13)25)9-21-23-17(19)18(20)24-22-10-12-6-4-8-14(28-2)16(12)26/h3-10,25-26H,1-2H3,(H2,19,23)(H2,20,24)/b21-9-,22-10+. The summed E-state index contributed by atoms with van der Waals surface area (Å²) in [5.41, 5.74) is 12.1. The van der Waals surface area contributed by atoms with Crippen LogP contribution in [0.2, 0.25) is 0 Å². The zero-order valence-corrected chi connectivity index (χ0v) is 15.3. The number of phenols is 2. The summed E-state index contributed by atoms with van der Waals surface area (Å²) in [6, 6.07) is 9.82. The van der Waals surface area contributed by atoms with Gasteiger partial charge in [0.05, 0.1) is 26.6 Å². The number of benzene rings is 2. The van der Waals surface area contributed by atoms with Gasteiger partial charge < -0.3 is 31.2 Å². The van der Waals surface area contributed by atoms with Crippen molar-refractivity contribution < 1.29 is 19.7 Å². The van der Waals surface area contributed by atoms with Gasteiger partial charge in [-0.2, -0.15) is 10.2 Å². The fraction of sp³-hybridized carbons (Fsp3) is 0.111. The Morgan fingerprint density at radius 1 is 0.786 bits per heavy atom. The molecule has 0 aromatic heterocycles. The molecule has 10 nitrogen and oxygen atoms in total. The van der Waals surface area contributed by atoms with Gasteiger partial charge >= 0.3 is 0 Å². The summed E-state index contributed by atoms with van der Waals surface area (Å²) in [5.74, 6) is 0.101. The Labute approximate surface area is 161 Å². The summed E-state index contributed by atoms with van der Waals surface area (Å²) in [7, 11) is 2.88. The molecule has 0 aliphatic heterocycles. The summed E-state index contributed by atoms with van der Waals surface area (Å²) >= 11 is 0. The Kier molecular flexibility index (Phi) is 6.92. The minimum Gasteiger partial charge on any atom is -0.504 e. The van der Waals surface area contributed by atoms with Gasteiger partial charge in [-0.15, -0.1) is 10.2 Å². The van der Waals surface area contributed by atoms with Crippen LogP contribution in [0.15, 0.2) is 56.8 Å². The second kappa shape index (κ2) is 9.57. The lowest BCUT2D eigenvalue weighted by Gasteiger charge is -2.04. The average Bonchev–Trinajstić information content (AvgIpc) is 2.70. The predicted molar refractivity (Wildman–Crippen MR) is 108 cm³/mol. The van der Waals surface area contributed by atoms with Crippen LogP contribution in [-0.4, -0.2) is 48.5 Å². The molecule has 0 fully saturated rings. The van der Waals surface area contributed by atoms with Crippen molar-refractivity contribution in [1.82, 2.24) is 0 Å². The lowest BCUT2D eigenvalue weighted by atomic mass is 10.2. The lowest BCUT2D eigenvalue weighted by molar-refractivity contribution is 0.373. The van der Waals surface area contributed by atoms with E-state index in [4.69, 9.17) is 20.9 Å². The van der Waals surface area contributed by atoms with E-state index in [1.165, 1.54) is 26.6 Å². The van der Waals surface area contributed by atoms with Crippen molar-refractivity contribution in [1.29, 1.82) is 0 Å². The Balaban J connectivity index is 2.10. The van der Waals surface area contributed by atoms with Crippen LogP contribution in [0, 0.1) is 0 Å². The van der Waals surface area contributed by atoms with Gasteiger partial charge in [0.2, 0.25) is 0 Å². The number of nitrogens with two attached hydrogens (primary N) is 2. The summed E-state index contributed by atoms with van der Waals surface area (Å²) in [5, 5.41) is 34.8. The summed E-state index contributed by atoms with van der Waals surface area (Å²) in [6.07, 6.45) is 2.57. The molecule has 0 aliphatic carbocycles. The molecule has 28 heavy (non-hydrogen) atoms. The van der Waals surface area contributed by atoms with Crippen molar-refractivity contribution >= 4 is 24.1 Å². The zero-order valence-electron chi connectivity index (χ0n) is 15.3. The van der Waals surface area contributed by atoms with E-state index in [-0.39, 0.29) is 23.2 Å². The minimum absolute atomic E-state index is 0.0770. The molecule has 10 heteroatoms. The first-order valence-electron chi connectivity index (χ1n) is 7.93. The smallest absolute Gasteiger partial charge is 0.190 e. The van der Waals surface area contributed by atoms with Gasteiger partial charge in [-0.1, -0.05) is 12.1 Å². The number of hydrogen-bond donors (Lipinski definition) is 4. The summed E-state index contributed by atoms with van der Waals surface area (Å²) < 4.78 is 10.0. The van der Waals surface area contributed by atoms with Crippen molar-refractivity contribution in [2.75, 3.05) is 14.2 Å². The average molecular weight is 384 g/mol. The van der Waals surface area contributed by atoms with Crippen molar-refractivity contribution in [3.8, 4) is 23.0 Å². The molecule has 146 valence electrons. The van der Waals surface area contributed by atoms with Crippen LogP contribution >= 0.6 is 0 Å². The van der Waals surface area contributed by atoms with Crippen LogP contribution < -0.4 is 20.9 Å². The molecule has 0 saturated carbocycles. The van der Waals surface area contributed by atoms with E-state index >= 15 is 0 Å². The molecule has 0 amide bonds. The first kappa shape index (κ1) is 20.2. The molecule has 0 unspecified atom stereocenters. The van der Waals surface area contributed by atoms with Gasteiger partial charge in [0, 0.05) is 11.1 Å². The second-order valence-electron chi connectivity index (χ2n) is 5.26. The Morgan fingerprint density at radius 3 is 1.54 bits per heavy atom. The highest BCUT2D eigenvalue weighted by atomic mass is 16.5. The maximum absolute atomic E-state index is 9.95. The van der Waals surface area contributed by atoms with E-state index < -0.39 is 0 Å². The van der Waals surface area contributed by atoms with Crippen molar-refractivity contribution in [2.45, 2.75) is 0 Å². The maximum atomic E-state index is 9.95. The quantitative estimate of drug-likeness (QED) is 0.332. The molecule has 0 bridgehead atoms. The topological polar surface area (TPSA) is 160 Å². The highest BCUT2D eigenvalue weighted by molar-refractivity contribution is 6.39. The van der Waals surface area contributed by atoms with Crippen molar-refractivity contribution in [3.63, 3.8) is 0 Å². The van der Waals surface area contributed by atoms with Crippen molar-refractivity contribution in [2.24, 2.45) is 31.9 Å². The maximum Gasteiger partial charge on any atom is 0.190 e. The third-order valence-electron chi connectivity index (χ3n) is 3.49. The number of methoxy groups -OCH3 is 2. The number of amidine groups is 2. The van der Waals surface area contributed by atoms with Gasteiger partial charge in [0.1, 0.15) is 0 Å². The molecule has 0 heterocycles.